The lowest BCUT2D eigenvalue weighted by Gasteiger charge is -2.26. The summed E-state index contributed by atoms with van der Waals surface area (Å²) in [6.45, 7) is 7.17. The van der Waals surface area contributed by atoms with E-state index in [0.29, 0.717) is 24.3 Å². The van der Waals surface area contributed by atoms with Gasteiger partial charge in [-0.15, -0.1) is 0 Å². The Morgan fingerprint density at radius 2 is 1.71 bits per heavy atom. The number of carbonyl (C=O) groups is 4. The van der Waals surface area contributed by atoms with Crippen molar-refractivity contribution in [3.05, 3.63) is 18.2 Å². The Bertz CT molecular complexity index is 804. The summed E-state index contributed by atoms with van der Waals surface area (Å²) in [4.78, 5) is 57.2. The molecule has 0 saturated carbocycles. The SMILES string of the molecule is CCC(C)C(NC(=O)C(CCSC)NC(=O)C(Cc1cnc[nH]1)NC(=O)C(N)C(C)C)C(=O)O. The van der Waals surface area contributed by atoms with Crippen LogP contribution in [0, 0.1) is 11.8 Å². The van der Waals surface area contributed by atoms with Crippen molar-refractivity contribution in [1.82, 2.24) is 25.9 Å². The zero-order chi connectivity index (χ0) is 25.8. The molecule has 0 spiro atoms. The van der Waals surface area contributed by atoms with E-state index in [1.165, 1.54) is 24.3 Å². The lowest BCUT2D eigenvalue weighted by molar-refractivity contribution is -0.143. The molecular formula is C22H38N6O5S. The molecule has 1 aromatic heterocycles. The largest absolute Gasteiger partial charge is 0.480 e. The average molecular weight is 499 g/mol. The van der Waals surface area contributed by atoms with E-state index in [2.05, 4.69) is 25.9 Å². The summed E-state index contributed by atoms with van der Waals surface area (Å²) in [6, 6.07) is -3.85. The first-order valence-corrected chi connectivity index (χ1v) is 12.8. The second-order valence-electron chi connectivity index (χ2n) is 8.66. The highest BCUT2D eigenvalue weighted by Gasteiger charge is 2.32. The molecule has 0 fully saturated rings. The van der Waals surface area contributed by atoms with Gasteiger partial charge in [0.15, 0.2) is 0 Å². The molecule has 34 heavy (non-hydrogen) atoms. The minimum absolute atomic E-state index is 0.115. The molecule has 1 aromatic rings. The number of H-pyrrole nitrogens is 1. The maximum Gasteiger partial charge on any atom is 0.326 e. The number of aromatic amines is 1. The summed E-state index contributed by atoms with van der Waals surface area (Å²) in [6.07, 6.45) is 5.84. The molecule has 3 amide bonds. The van der Waals surface area contributed by atoms with Gasteiger partial charge < -0.3 is 31.8 Å². The van der Waals surface area contributed by atoms with Gasteiger partial charge in [-0.3, -0.25) is 14.4 Å². The number of nitrogens with one attached hydrogen (secondary N) is 4. The molecule has 0 bridgehead atoms. The minimum Gasteiger partial charge on any atom is -0.480 e. The molecule has 0 aliphatic rings. The fraction of sp³-hybridized carbons (Fsp3) is 0.682. The number of amides is 3. The van der Waals surface area contributed by atoms with Crippen LogP contribution in [0.25, 0.3) is 0 Å². The van der Waals surface area contributed by atoms with Gasteiger partial charge in [0.2, 0.25) is 17.7 Å². The zero-order valence-corrected chi connectivity index (χ0v) is 21.3. The highest BCUT2D eigenvalue weighted by atomic mass is 32.2. The molecule has 0 aliphatic carbocycles. The van der Waals surface area contributed by atoms with Crippen molar-refractivity contribution in [2.24, 2.45) is 17.6 Å². The Labute approximate surface area is 204 Å². The van der Waals surface area contributed by atoms with Crippen LogP contribution < -0.4 is 21.7 Å². The summed E-state index contributed by atoms with van der Waals surface area (Å²) in [5, 5.41) is 17.4. The van der Waals surface area contributed by atoms with E-state index >= 15 is 0 Å². The maximum absolute atomic E-state index is 13.2. The molecule has 0 aliphatic heterocycles. The number of rotatable bonds is 15. The van der Waals surface area contributed by atoms with Gasteiger partial charge in [-0.2, -0.15) is 11.8 Å². The van der Waals surface area contributed by atoms with Gasteiger partial charge in [0.25, 0.3) is 0 Å². The number of hydrogen-bond donors (Lipinski definition) is 6. The number of carbonyl (C=O) groups excluding carboxylic acids is 3. The molecule has 0 radical (unpaired) electrons. The lowest BCUT2D eigenvalue weighted by atomic mass is 9.98. The van der Waals surface area contributed by atoms with Gasteiger partial charge in [-0.25, -0.2) is 9.78 Å². The molecule has 5 atom stereocenters. The van der Waals surface area contributed by atoms with E-state index in [1.807, 2.05) is 13.2 Å². The number of carboxylic acids is 1. The number of aliphatic carboxylic acids is 1. The van der Waals surface area contributed by atoms with Crippen LogP contribution in [0.5, 0.6) is 0 Å². The van der Waals surface area contributed by atoms with Crippen molar-refractivity contribution in [1.29, 1.82) is 0 Å². The van der Waals surface area contributed by atoms with E-state index in [-0.39, 0.29) is 18.3 Å². The van der Waals surface area contributed by atoms with Gasteiger partial charge in [0, 0.05) is 18.3 Å². The van der Waals surface area contributed by atoms with Gasteiger partial charge in [-0.1, -0.05) is 34.1 Å². The van der Waals surface area contributed by atoms with E-state index in [4.69, 9.17) is 5.73 Å². The number of thioether (sulfide) groups is 1. The van der Waals surface area contributed by atoms with Crippen LogP contribution in [0.2, 0.25) is 0 Å². The second kappa shape index (κ2) is 14.6. The monoisotopic (exact) mass is 498 g/mol. The van der Waals surface area contributed by atoms with E-state index in [9.17, 15) is 24.3 Å². The number of imidazole rings is 1. The van der Waals surface area contributed by atoms with Crippen LogP contribution in [-0.2, 0) is 25.6 Å². The molecular weight excluding hydrogens is 460 g/mol. The molecule has 5 unspecified atom stereocenters. The first-order valence-electron chi connectivity index (χ1n) is 11.4. The molecule has 1 heterocycles. The topological polar surface area (TPSA) is 179 Å². The van der Waals surface area contributed by atoms with E-state index < -0.39 is 47.9 Å². The normalized spacial score (nSPS) is 15.6. The van der Waals surface area contributed by atoms with Crippen LogP contribution in [0.1, 0.15) is 46.2 Å². The summed E-state index contributed by atoms with van der Waals surface area (Å²) >= 11 is 1.49. The summed E-state index contributed by atoms with van der Waals surface area (Å²) in [5.41, 5.74) is 6.55. The van der Waals surface area contributed by atoms with Crippen molar-refractivity contribution >= 4 is 35.5 Å². The standard InChI is InChI=1S/C22H38N6O5S/c1-6-13(4)18(22(32)33)28-19(29)15(7-8-34-5)26-20(30)16(9-14-10-24-11-25-14)27-21(31)17(23)12(2)3/h10-13,15-18H,6-9,23H2,1-5H3,(H,24,25)(H,26,30)(H,27,31)(H,28,29)(H,32,33). The zero-order valence-electron chi connectivity index (χ0n) is 20.5. The minimum atomic E-state index is -1.13. The third kappa shape index (κ3) is 9.34. The molecule has 192 valence electrons. The van der Waals surface area contributed by atoms with Crippen molar-refractivity contribution < 1.29 is 24.3 Å². The molecule has 12 heteroatoms. The van der Waals surface area contributed by atoms with Crippen LogP contribution >= 0.6 is 11.8 Å². The number of nitrogens with two attached hydrogens (primary N) is 1. The second-order valence-corrected chi connectivity index (χ2v) is 9.65. The quantitative estimate of drug-likeness (QED) is 0.199. The van der Waals surface area contributed by atoms with Crippen molar-refractivity contribution in [2.75, 3.05) is 12.0 Å². The van der Waals surface area contributed by atoms with Gasteiger partial charge >= 0.3 is 5.97 Å². The Kier molecular flexibility index (Phi) is 12.7. The van der Waals surface area contributed by atoms with E-state index in [0.717, 1.165) is 0 Å². The number of nitrogens with zero attached hydrogens (tertiary/aromatic N) is 1. The summed E-state index contributed by atoms with van der Waals surface area (Å²) in [7, 11) is 0. The number of aromatic nitrogens is 2. The Morgan fingerprint density at radius 1 is 1.09 bits per heavy atom. The van der Waals surface area contributed by atoms with Crippen LogP contribution in [0.4, 0.5) is 0 Å². The number of hydrogen-bond acceptors (Lipinski definition) is 7. The first-order chi connectivity index (χ1) is 16.0. The van der Waals surface area contributed by atoms with Crippen LogP contribution in [0.15, 0.2) is 12.5 Å². The summed E-state index contributed by atoms with van der Waals surface area (Å²) in [5.74, 6) is -2.63. The Balaban J connectivity index is 3.05. The van der Waals surface area contributed by atoms with E-state index in [1.54, 1.807) is 20.8 Å². The van der Waals surface area contributed by atoms with Crippen LogP contribution in [0.3, 0.4) is 0 Å². The van der Waals surface area contributed by atoms with Crippen molar-refractivity contribution in [2.45, 2.75) is 71.1 Å². The van der Waals surface area contributed by atoms with Gasteiger partial charge in [0.05, 0.1) is 12.4 Å². The Morgan fingerprint density at radius 3 is 2.21 bits per heavy atom. The molecule has 0 saturated heterocycles. The smallest absolute Gasteiger partial charge is 0.326 e. The number of carboxylic acid groups (broad SMARTS) is 1. The third-order valence-electron chi connectivity index (χ3n) is 5.65. The molecule has 7 N–H and O–H groups in total. The van der Waals surface area contributed by atoms with Crippen LogP contribution in [-0.4, -0.2) is 74.9 Å². The first kappa shape index (κ1) is 29.4. The predicted molar refractivity (Wildman–Crippen MR) is 131 cm³/mol. The van der Waals surface area contributed by atoms with Gasteiger partial charge in [0.1, 0.15) is 18.1 Å². The predicted octanol–water partition coefficient (Wildman–Crippen LogP) is 0.274. The third-order valence-corrected chi connectivity index (χ3v) is 6.30. The molecule has 0 aromatic carbocycles. The van der Waals surface area contributed by atoms with Gasteiger partial charge in [-0.05, 0) is 30.3 Å². The highest BCUT2D eigenvalue weighted by molar-refractivity contribution is 7.98. The highest BCUT2D eigenvalue weighted by Crippen LogP contribution is 2.10. The fourth-order valence-electron chi connectivity index (χ4n) is 3.11. The average Bonchev–Trinajstić information content (AvgIpc) is 3.31. The molecule has 11 nitrogen and oxygen atoms in total. The maximum atomic E-state index is 13.2. The summed E-state index contributed by atoms with van der Waals surface area (Å²) < 4.78 is 0. The van der Waals surface area contributed by atoms with Crippen molar-refractivity contribution in [3.63, 3.8) is 0 Å². The molecule has 1 rings (SSSR count). The fourth-order valence-corrected chi connectivity index (χ4v) is 3.58. The van der Waals surface area contributed by atoms with Crippen molar-refractivity contribution in [3.8, 4) is 0 Å². The Hall–Kier alpha value is -2.60. The lowest BCUT2D eigenvalue weighted by Crippen LogP contribution is -2.58.